The fraction of sp³-hybridized carbons (Fsp3) is 0.800. The molecule has 2 saturated carbocycles. The number of carbonyl (C=O) groups is 3. The van der Waals surface area contributed by atoms with Crippen LogP contribution in [-0.4, -0.2) is 104 Å². The van der Waals surface area contributed by atoms with Gasteiger partial charge in [0.1, 0.15) is 17.8 Å². The highest BCUT2D eigenvalue weighted by atomic mass is 16.6. The van der Waals surface area contributed by atoms with E-state index in [0.717, 1.165) is 0 Å². The Kier molecular flexibility index (Phi) is 8.11. The lowest BCUT2D eigenvalue weighted by atomic mass is 9.40. The van der Waals surface area contributed by atoms with Crippen molar-refractivity contribution < 1.29 is 49.4 Å². The Morgan fingerprint density at radius 1 is 1.17 bits per heavy atom. The Bertz CT molecular complexity index is 901. The maximum atomic E-state index is 13.7. The van der Waals surface area contributed by atoms with Crippen molar-refractivity contribution in [3.63, 3.8) is 0 Å². The molecule has 0 aromatic heterocycles. The van der Waals surface area contributed by atoms with Gasteiger partial charge in [0.05, 0.1) is 18.2 Å². The molecule has 0 spiro atoms. The van der Waals surface area contributed by atoms with Crippen LogP contribution in [0, 0.1) is 16.7 Å². The lowest BCUT2D eigenvalue weighted by molar-refractivity contribution is -0.370. The van der Waals surface area contributed by atoms with Gasteiger partial charge in [-0.1, -0.05) is 26.8 Å². The molecule has 36 heavy (non-hydrogen) atoms. The molecule has 5 N–H and O–H groups in total. The fourth-order valence-corrected chi connectivity index (χ4v) is 6.93. The third-order valence-corrected chi connectivity index (χ3v) is 8.45. The second kappa shape index (κ2) is 9.68. The Morgan fingerprint density at radius 2 is 1.69 bits per heavy atom. The van der Waals surface area contributed by atoms with Crippen LogP contribution in [-0.2, 0) is 19.1 Å². The summed E-state index contributed by atoms with van der Waals surface area (Å²) >= 11 is 0. The summed E-state index contributed by atoms with van der Waals surface area (Å²) < 4.78 is 12.1. The molecule has 0 unspecified atom stereocenters. The molecule has 3 fully saturated rings. The number of hydrogen-bond acceptors (Lipinski definition) is 9. The summed E-state index contributed by atoms with van der Waals surface area (Å²) in [6.07, 6.45) is -3.20. The standard InChI is InChI=1S/C24H39NO7.CH2O3/c1-9-21(4)12-14(26)24(30)22(5)15(31-16(27)13-25(7)8)10-11-20(2,3)18(22)17(28)19(29)23(24,6)32-21;2-1(3)4/h9,15,17-19,28-30H,1,10-13H2,2-8H3;(H2,2,3,4)/t15-,17-,18-,19-,21-,22-,23+,24-;/m0./s1. The van der Waals surface area contributed by atoms with Gasteiger partial charge in [-0.15, -0.1) is 6.58 Å². The Balaban J connectivity index is 0.00000106. The average Bonchev–Trinajstić information content (AvgIpc) is 2.71. The van der Waals surface area contributed by atoms with E-state index < -0.39 is 69.8 Å². The van der Waals surface area contributed by atoms with E-state index in [1.54, 1.807) is 32.8 Å². The third kappa shape index (κ3) is 4.56. The predicted octanol–water partition coefficient (Wildman–Crippen LogP) is 1.28. The number of hydrogen-bond donors (Lipinski definition) is 5. The van der Waals surface area contributed by atoms with Gasteiger partial charge in [-0.05, 0) is 46.2 Å². The van der Waals surface area contributed by atoms with E-state index in [2.05, 4.69) is 6.58 Å². The first-order valence-corrected chi connectivity index (χ1v) is 11.9. The molecule has 0 radical (unpaired) electrons. The maximum absolute atomic E-state index is 13.7. The molecule has 0 aromatic rings. The van der Waals surface area contributed by atoms with E-state index in [1.165, 1.54) is 13.0 Å². The van der Waals surface area contributed by atoms with Gasteiger partial charge in [0, 0.05) is 17.8 Å². The summed E-state index contributed by atoms with van der Waals surface area (Å²) in [7, 11) is 3.49. The van der Waals surface area contributed by atoms with Gasteiger partial charge in [-0.25, -0.2) is 4.79 Å². The zero-order valence-electron chi connectivity index (χ0n) is 22.1. The summed E-state index contributed by atoms with van der Waals surface area (Å²) in [5.74, 6) is -1.72. The van der Waals surface area contributed by atoms with E-state index >= 15 is 0 Å². The fourth-order valence-electron chi connectivity index (χ4n) is 6.93. The topological polar surface area (TPSA) is 174 Å². The molecule has 3 rings (SSSR count). The number of aliphatic hydroxyl groups is 3. The van der Waals surface area contributed by atoms with Crippen LogP contribution >= 0.6 is 0 Å². The molecule has 0 aromatic carbocycles. The van der Waals surface area contributed by atoms with Crippen molar-refractivity contribution in [2.75, 3.05) is 20.6 Å². The molecule has 8 atom stereocenters. The molecule has 0 amide bonds. The minimum Gasteiger partial charge on any atom is -0.461 e. The van der Waals surface area contributed by atoms with Gasteiger partial charge in [-0.2, -0.15) is 0 Å². The number of carboxylic acid groups (broad SMARTS) is 2. The van der Waals surface area contributed by atoms with Crippen molar-refractivity contribution in [1.29, 1.82) is 0 Å². The number of Topliss-reactive ketones (excluding diaryl/α,β-unsaturated/α-hetero) is 1. The molecule has 0 bridgehead atoms. The monoisotopic (exact) mass is 515 g/mol. The van der Waals surface area contributed by atoms with Crippen molar-refractivity contribution in [1.82, 2.24) is 4.90 Å². The number of ether oxygens (including phenoxy) is 2. The normalized spacial score (nSPS) is 43.4. The Morgan fingerprint density at radius 3 is 2.17 bits per heavy atom. The molecule has 1 saturated heterocycles. The lowest BCUT2D eigenvalue weighted by Crippen LogP contribution is -2.86. The molecule has 1 heterocycles. The number of aliphatic hydroxyl groups excluding tert-OH is 2. The van der Waals surface area contributed by atoms with E-state index in [9.17, 15) is 24.9 Å². The van der Waals surface area contributed by atoms with Crippen LogP contribution in [0.3, 0.4) is 0 Å². The smallest absolute Gasteiger partial charge is 0.461 e. The minimum absolute atomic E-state index is 0.0422. The summed E-state index contributed by atoms with van der Waals surface area (Å²) in [4.78, 5) is 36.6. The van der Waals surface area contributed by atoms with Gasteiger partial charge in [0.2, 0.25) is 0 Å². The third-order valence-electron chi connectivity index (χ3n) is 8.45. The van der Waals surface area contributed by atoms with Crippen molar-refractivity contribution >= 4 is 17.9 Å². The van der Waals surface area contributed by atoms with Gasteiger partial charge < -0.3 is 35.0 Å². The number of ketones is 1. The quantitative estimate of drug-likeness (QED) is 0.269. The summed E-state index contributed by atoms with van der Waals surface area (Å²) in [6.45, 7) is 12.5. The number of fused-ring (bicyclic) bond motifs is 3. The van der Waals surface area contributed by atoms with Crippen LogP contribution < -0.4 is 0 Å². The van der Waals surface area contributed by atoms with E-state index in [-0.39, 0.29) is 13.0 Å². The van der Waals surface area contributed by atoms with Crippen LogP contribution in [0.2, 0.25) is 0 Å². The zero-order chi connectivity index (χ0) is 28.1. The van der Waals surface area contributed by atoms with Gasteiger partial charge in [0.15, 0.2) is 11.4 Å². The first-order valence-electron chi connectivity index (χ1n) is 11.9. The average molecular weight is 516 g/mol. The summed E-state index contributed by atoms with van der Waals surface area (Å²) in [5, 5.41) is 48.9. The minimum atomic E-state index is -2.20. The molecular formula is C25H41NO10. The molecular weight excluding hydrogens is 474 g/mol. The Hall–Kier alpha value is -2.05. The summed E-state index contributed by atoms with van der Waals surface area (Å²) in [6, 6.07) is 0. The van der Waals surface area contributed by atoms with E-state index in [4.69, 9.17) is 24.5 Å². The number of rotatable bonds is 4. The largest absolute Gasteiger partial charge is 0.503 e. The highest BCUT2D eigenvalue weighted by Gasteiger charge is 2.81. The van der Waals surface area contributed by atoms with Crippen LogP contribution in [0.4, 0.5) is 4.79 Å². The number of nitrogens with zero attached hydrogens (tertiary/aromatic N) is 1. The highest BCUT2D eigenvalue weighted by Crippen LogP contribution is 2.67. The van der Waals surface area contributed by atoms with Crippen LogP contribution in [0.25, 0.3) is 0 Å². The first kappa shape index (κ1) is 30.2. The first-order chi connectivity index (χ1) is 16.2. The van der Waals surface area contributed by atoms with Crippen molar-refractivity contribution in [3.05, 3.63) is 12.7 Å². The summed E-state index contributed by atoms with van der Waals surface area (Å²) in [5.41, 5.74) is -7.11. The SMILES string of the molecule is C=C[C@@]1(C)CC(=O)[C@]2(O)[C@@]3(C)[C@@H](OC(=O)CN(C)C)CCC(C)(C)[C@@H]3[C@H](O)[C@H](O)[C@@]2(C)O1.O=C(O)O. The maximum Gasteiger partial charge on any atom is 0.503 e. The number of likely N-dealkylation sites (N-methyl/N-ethyl adjacent to an activating group) is 1. The van der Waals surface area contributed by atoms with Crippen LogP contribution in [0.15, 0.2) is 12.7 Å². The lowest BCUT2D eigenvalue weighted by Gasteiger charge is -2.71. The van der Waals surface area contributed by atoms with E-state index in [0.29, 0.717) is 12.8 Å². The molecule has 2 aliphatic carbocycles. The zero-order valence-corrected chi connectivity index (χ0v) is 22.1. The number of esters is 1. The van der Waals surface area contributed by atoms with Crippen LogP contribution in [0.1, 0.15) is 53.9 Å². The molecule has 3 aliphatic rings. The Labute approximate surface area is 211 Å². The van der Waals surface area contributed by atoms with Crippen molar-refractivity contribution in [3.8, 4) is 0 Å². The second-order valence-corrected chi connectivity index (χ2v) is 11.8. The highest BCUT2D eigenvalue weighted by molar-refractivity contribution is 5.92. The second-order valence-electron chi connectivity index (χ2n) is 11.8. The molecule has 11 heteroatoms. The van der Waals surface area contributed by atoms with E-state index in [1.807, 2.05) is 13.8 Å². The predicted molar refractivity (Wildman–Crippen MR) is 128 cm³/mol. The molecule has 1 aliphatic heterocycles. The van der Waals surface area contributed by atoms with Gasteiger partial charge in [0.25, 0.3) is 0 Å². The van der Waals surface area contributed by atoms with Gasteiger partial charge in [-0.3, -0.25) is 14.5 Å². The molecule has 11 nitrogen and oxygen atoms in total. The number of carbonyl (C=O) groups excluding carboxylic acids is 2. The van der Waals surface area contributed by atoms with Crippen LogP contribution in [0.5, 0.6) is 0 Å². The van der Waals surface area contributed by atoms with Gasteiger partial charge >= 0.3 is 12.1 Å². The van der Waals surface area contributed by atoms with Crippen molar-refractivity contribution in [2.45, 2.75) is 89.0 Å². The van der Waals surface area contributed by atoms with Crippen molar-refractivity contribution in [2.24, 2.45) is 16.7 Å². The molecule has 206 valence electrons.